The zero-order chi connectivity index (χ0) is 28.4. The number of alkyl halides is 3. The van der Waals surface area contributed by atoms with E-state index in [1.54, 1.807) is 31.3 Å². The lowest BCUT2D eigenvalue weighted by Gasteiger charge is -2.39. The monoisotopic (exact) mass is 549 g/mol. The first kappa shape index (κ1) is 29.2. The summed E-state index contributed by atoms with van der Waals surface area (Å²) >= 11 is 6.10. The van der Waals surface area contributed by atoms with Gasteiger partial charge in [-0.15, -0.1) is 0 Å². The van der Waals surface area contributed by atoms with Crippen LogP contribution in [-0.4, -0.2) is 58.9 Å². The van der Waals surface area contributed by atoms with Crippen LogP contribution < -0.4 is 0 Å². The maximum absolute atomic E-state index is 14.1. The van der Waals surface area contributed by atoms with Gasteiger partial charge in [0.25, 0.3) is 5.91 Å². The molecule has 2 aromatic rings. The highest BCUT2D eigenvalue weighted by atomic mass is 35.5. The largest absolute Gasteiger partial charge is 0.478 e. The summed E-state index contributed by atoms with van der Waals surface area (Å²) in [5, 5.41) is 10.1. The number of benzene rings is 2. The fraction of sp³-hybridized carbons (Fsp3) is 0.393. The van der Waals surface area contributed by atoms with Crippen molar-refractivity contribution in [1.82, 2.24) is 9.80 Å². The van der Waals surface area contributed by atoms with Gasteiger partial charge in [0.2, 0.25) is 5.84 Å². The molecule has 0 aromatic heterocycles. The van der Waals surface area contributed by atoms with Gasteiger partial charge >= 0.3 is 12.1 Å². The van der Waals surface area contributed by atoms with Crippen LogP contribution in [0.5, 0.6) is 0 Å². The van der Waals surface area contributed by atoms with Crippen LogP contribution in [-0.2, 0) is 10.2 Å². The summed E-state index contributed by atoms with van der Waals surface area (Å²) < 4.78 is 42.2. The molecule has 0 bridgehead atoms. The van der Waals surface area contributed by atoms with E-state index in [0.29, 0.717) is 11.1 Å². The van der Waals surface area contributed by atoms with E-state index in [-0.39, 0.29) is 47.1 Å². The Labute approximate surface area is 225 Å². The second kappa shape index (κ2) is 11.2. The van der Waals surface area contributed by atoms with Gasteiger partial charge in [-0.2, -0.15) is 13.2 Å². The first-order valence-electron chi connectivity index (χ1n) is 12.1. The lowest BCUT2D eigenvalue weighted by Crippen LogP contribution is -2.48. The molecule has 204 valence electrons. The fourth-order valence-electron chi connectivity index (χ4n) is 4.43. The molecule has 3 rings (SSSR count). The molecule has 1 unspecified atom stereocenters. The van der Waals surface area contributed by atoms with E-state index in [1.165, 1.54) is 24.0 Å². The van der Waals surface area contributed by atoms with Crippen LogP contribution >= 0.6 is 11.6 Å². The number of hydrogen-bond donors (Lipinski definition) is 1. The average Bonchev–Trinajstić information content (AvgIpc) is 2.82. The number of carbonyl (C=O) groups is 2. The minimum absolute atomic E-state index is 0.0687. The minimum Gasteiger partial charge on any atom is -0.478 e. The minimum atomic E-state index is -4.82. The molecule has 0 radical (unpaired) electrons. The number of aliphatic carboxylic acids is 1. The van der Waals surface area contributed by atoms with E-state index >= 15 is 0 Å². The Bertz CT molecular complexity index is 1260. The van der Waals surface area contributed by atoms with Crippen molar-refractivity contribution >= 4 is 29.3 Å². The van der Waals surface area contributed by atoms with Gasteiger partial charge in [-0.3, -0.25) is 4.79 Å². The number of amides is 1. The Balaban J connectivity index is 1.85. The highest BCUT2D eigenvalue weighted by molar-refractivity contribution is 6.30. The number of amidine groups is 1. The van der Waals surface area contributed by atoms with Crippen molar-refractivity contribution < 1.29 is 27.9 Å². The molecule has 1 aliphatic rings. The molecule has 38 heavy (non-hydrogen) atoms. The number of carbonyl (C=O) groups excluding carboxylic acids is 1. The van der Waals surface area contributed by atoms with Gasteiger partial charge < -0.3 is 14.9 Å². The summed E-state index contributed by atoms with van der Waals surface area (Å²) in [5.74, 6) is -2.81. The first-order chi connectivity index (χ1) is 17.6. The number of rotatable bonds is 7. The summed E-state index contributed by atoms with van der Waals surface area (Å²) in [6, 6.07) is 12.1. The molecule has 1 atom stereocenters. The average molecular weight is 550 g/mol. The van der Waals surface area contributed by atoms with Crippen LogP contribution in [0.1, 0.15) is 61.6 Å². The maximum Gasteiger partial charge on any atom is 0.449 e. The van der Waals surface area contributed by atoms with E-state index in [4.69, 9.17) is 11.6 Å². The van der Waals surface area contributed by atoms with E-state index in [1.807, 2.05) is 12.1 Å². The Kier molecular flexibility index (Phi) is 8.61. The third-order valence-electron chi connectivity index (χ3n) is 6.41. The Morgan fingerprint density at radius 3 is 2.26 bits per heavy atom. The molecule has 1 aliphatic heterocycles. The predicted molar refractivity (Wildman–Crippen MR) is 141 cm³/mol. The van der Waals surface area contributed by atoms with Crippen molar-refractivity contribution in [3.63, 3.8) is 0 Å². The van der Waals surface area contributed by atoms with Gasteiger partial charge in [0, 0.05) is 30.7 Å². The van der Waals surface area contributed by atoms with Gasteiger partial charge in [0.05, 0.1) is 17.3 Å². The number of carboxylic acid groups (broad SMARTS) is 1. The summed E-state index contributed by atoms with van der Waals surface area (Å²) in [6.07, 6.45) is -4.68. The Hall–Kier alpha value is -3.33. The summed E-state index contributed by atoms with van der Waals surface area (Å²) in [6.45, 7) is 7.41. The van der Waals surface area contributed by atoms with Crippen molar-refractivity contribution in [2.45, 2.75) is 51.7 Å². The number of carboxylic acids is 1. The van der Waals surface area contributed by atoms with Gasteiger partial charge in [0.15, 0.2) is 0 Å². The van der Waals surface area contributed by atoms with Crippen molar-refractivity contribution in [1.29, 1.82) is 0 Å². The third-order valence-corrected chi connectivity index (χ3v) is 6.64. The lowest BCUT2D eigenvalue weighted by molar-refractivity contribution is -0.133. The molecule has 10 heteroatoms. The summed E-state index contributed by atoms with van der Waals surface area (Å²) in [7, 11) is 1.58. The second-order valence-corrected chi connectivity index (χ2v) is 10.7. The van der Waals surface area contributed by atoms with Crippen molar-refractivity contribution in [3.05, 3.63) is 81.5 Å². The van der Waals surface area contributed by atoms with E-state index in [0.717, 1.165) is 10.5 Å². The maximum atomic E-state index is 14.1. The first-order valence-corrected chi connectivity index (χ1v) is 12.5. The number of nitrogens with zero attached hydrogens (tertiary/aromatic N) is 3. The van der Waals surface area contributed by atoms with E-state index in [9.17, 15) is 27.9 Å². The van der Waals surface area contributed by atoms with Crippen molar-refractivity contribution in [3.8, 4) is 0 Å². The highest BCUT2D eigenvalue weighted by Gasteiger charge is 2.47. The van der Waals surface area contributed by atoms with Gasteiger partial charge in [-0.25, -0.2) is 9.79 Å². The SMILES string of the molecule is CC1=C(C(=O)O)C(c2cccc(Cl)c2)N(CCCN(C)C(=O)c2ccc(C(C)(C)C)cc2)C(C(F)(F)F)=N1. The Morgan fingerprint density at radius 1 is 1.11 bits per heavy atom. The van der Waals surface area contributed by atoms with Crippen LogP contribution in [0.3, 0.4) is 0 Å². The molecule has 0 saturated heterocycles. The zero-order valence-corrected chi connectivity index (χ0v) is 22.7. The van der Waals surface area contributed by atoms with E-state index in [2.05, 4.69) is 25.8 Å². The molecule has 0 saturated carbocycles. The molecule has 1 amide bonds. The number of aliphatic imine (C=N–C) groups is 1. The van der Waals surface area contributed by atoms with Gasteiger partial charge in [-0.05, 0) is 54.2 Å². The summed E-state index contributed by atoms with van der Waals surface area (Å²) in [5.41, 5.74) is 1.29. The lowest BCUT2D eigenvalue weighted by atomic mass is 9.86. The molecule has 0 fully saturated rings. The van der Waals surface area contributed by atoms with Crippen LogP contribution in [0.2, 0.25) is 5.02 Å². The van der Waals surface area contributed by atoms with Crippen molar-refractivity contribution in [2.24, 2.45) is 4.99 Å². The van der Waals surface area contributed by atoms with Crippen LogP contribution in [0.15, 0.2) is 64.8 Å². The smallest absolute Gasteiger partial charge is 0.449 e. The van der Waals surface area contributed by atoms with Gasteiger partial charge in [0.1, 0.15) is 0 Å². The molecule has 6 nitrogen and oxygen atoms in total. The van der Waals surface area contributed by atoms with E-state index < -0.39 is 24.0 Å². The van der Waals surface area contributed by atoms with Crippen LogP contribution in [0.25, 0.3) is 0 Å². The predicted octanol–water partition coefficient (Wildman–Crippen LogP) is 6.48. The zero-order valence-electron chi connectivity index (χ0n) is 21.9. The highest BCUT2D eigenvalue weighted by Crippen LogP contribution is 2.39. The summed E-state index contributed by atoms with van der Waals surface area (Å²) in [4.78, 5) is 31.1. The quantitative estimate of drug-likeness (QED) is 0.429. The van der Waals surface area contributed by atoms with Crippen molar-refractivity contribution in [2.75, 3.05) is 20.1 Å². The Morgan fingerprint density at radius 2 is 1.74 bits per heavy atom. The van der Waals surface area contributed by atoms with Gasteiger partial charge in [-0.1, -0.05) is 56.6 Å². The third kappa shape index (κ3) is 6.56. The number of allylic oxidation sites excluding steroid dienone is 1. The molecule has 0 spiro atoms. The second-order valence-electron chi connectivity index (χ2n) is 10.3. The molecular formula is C28H31ClF3N3O3. The van der Waals surface area contributed by atoms with Crippen LogP contribution in [0, 0.1) is 0 Å². The molecule has 2 aromatic carbocycles. The standard InChI is InChI=1S/C28H31ClF3N3O3/c1-17-22(25(37)38)23(19-8-6-9-21(29)16-19)35(26(33-17)28(30,31)32)15-7-14-34(5)24(36)18-10-12-20(13-11-18)27(2,3)4/h6,8-13,16,23H,7,14-15H2,1-5H3,(H,37,38). The molecule has 1 N–H and O–H groups in total. The topological polar surface area (TPSA) is 73.2 Å². The molecule has 0 aliphatic carbocycles. The molecule has 1 heterocycles. The molecular weight excluding hydrogens is 519 g/mol. The normalized spacial score (nSPS) is 16.4. The number of hydrogen-bond acceptors (Lipinski definition) is 4. The van der Waals surface area contributed by atoms with Crippen LogP contribution in [0.4, 0.5) is 13.2 Å². The number of halogens is 4. The fourth-order valence-corrected chi connectivity index (χ4v) is 4.63.